The summed E-state index contributed by atoms with van der Waals surface area (Å²) in [5.74, 6) is 5.59. The van der Waals surface area contributed by atoms with Crippen molar-refractivity contribution in [1.82, 2.24) is 20.4 Å². The van der Waals surface area contributed by atoms with Crippen LogP contribution in [0.25, 0.3) is 0 Å². The average molecular weight is 292 g/mol. The summed E-state index contributed by atoms with van der Waals surface area (Å²) in [5, 5.41) is 7.87. The summed E-state index contributed by atoms with van der Waals surface area (Å²) in [7, 11) is 1.83. The quantitative estimate of drug-likeness (QED) is 0.601. The van der Waals surface area contributed by atoms with Crippen LogP contribution in [0.1, 0.15) is 32.0 Å². The minimum atomic E-state index is -0.126. The lowest BCUT2D eigenvalue weighted by molar-refractivity contribution is 0.0291. The average Bonchev–Trinajstić information content (AvgIpc) is 2.60. The molecule has 6 nitrogen and oxygen atoms in total. The van der Waals surface area contributed by atoms with E-state index in [9.17, 15) is 0 Å². The molecule has 0 aliphatic heterocycles. The number of nitrogens with two attached hydrogens (primary N) is 1. The first kappa shape index (κ1) is 13.6. The summed E-state index contributed by atoms with van der Waals surface area (Å²) in [5.41, 5.74) is 3.66. The summed E-state index contributed by atoms with van der Waals surface area (Å²) in [6, 6.07) is -0.126. The second kappa shape index (κ2) is 6.29. The van der Waals surface area contributed by atoms with Crippen molar-refractivity contribution in [3.63, 3.8) is 0 Å². The lowest BCUT2D eigenvalue weighted by Gasteiger charge is -2.25. The molecule has 3 N–H and O–H groups in total. The van der Waals surface area contributed by atoms with Gasteiger partial charge in [-0.15, -0.1) is 5.10 Å². The van der Waals surface area contributed by atoms with Gasteiger partial charge in [0.25, 0.3) is 0 Å². The van der Waals surface area contributed by atoms with Crippen LogP contribution in [0.2, 0.25) is 0 Å². The first-order valence-corrected chi connectivity index (χ1v) is 6.07. The van der Waals surface area contributed by atoms with Gasteiger partial charge in [-0.1, -0.05) is 12.1 Å². The lowest BCUT2D eigenvalue weighted by atomic mass is 10.1. The fourth-order valence-corrected chi connectivity index (χ4v) is 2.27. The number of nitrogens with zero attached hydrogens (tertiary/aromatic N) is 3. The molecular formula is C9H18BrN5O. The fraction of sp³-hybridized carbons (Fsp3) is 0.778. The van der Waals surface area contributed by atoms with Crippen LogP contribution < -0.4 is 11.3 Å². The molecule has 0 aliphatic carbocycles. The predicted octanol–water partition coefficient (Wildman–Crippen LogP) is 0.897. The fourth-order valence-electron chi connectivity index (χ4n) is 1.70. The van der Waals surface area contributed by atoms with E-state index < -0.39 is 0 Å². The molecule has 1 heterocycles. The zero-order valence-electron chi connectivity index (χ0n) is 9.77. The summed E-state index contributed by atoms with van der Waals surface area (Å²) in [6.07, 6.45) is 0.865. The van der Waals surface area contributed by atoms with Gasteiger partial charge in [0.1, 0.15) is 0 Å². The van der Waals surface area contributed by atoms with Crippen LogP contribution in [-0.2, 0) is 11.8 Å². The third-order valence-electron chi connectivity index (χ3n) is 2.46. The van der Waals surface area contributed by atoms with Crippen LogP contribution in [0.3, 0.4) is 0 Å². The molecule has 0 saturated carbocycles. The van der Waals surface area contributed by atoms with Crippen LogP contribution in [0.4, 0.5) is 0 Å². The maximum atomic E-state index is 5.65. The number of hydrogen-bond acceptors (Lipinski definition) is 5. The van der Waals surface area contributed by atoms with Gasteiger partial charge in [0.15, 0.2) is 4.60 Å². The van der Waals surface area contributed by atoms with Crippen molar-refractivity contribution >= 4 is 15.9 Å². The van der Waals surface area contributed by atoms with Gasteiger partial charge in [0.05, 0.1) is 17.8 Å². The molecule has 0 fully saturated rings. The molecule has 0 radical (unpaired) electrons. The highest BCUT2D eigenvalue weighted by molar-refractivity contribution is 9.10. The minimum Gasteiger partial charge on any atom is -0.376 e. The Morgan fingerprint density at radius 1 is 1.56 bits per heavy atom. The molecule has 2 atom stereocenters. The molecule has 92 valence electrons. The number of nitrogens with one attached hydrogen (secondary N) is 1. The standard InChI is InChI=1S/C9H18BrN5O/c1-4-6(16-5-2)7(12-11)8-9(10)13-14-15(8)3/h6-7,12H,4-5,11H2,1-3H3. The highest BCUT2D eigenvalue weighted by Crippen LogP contribution is 2.25. The Hall–Kier alpha value is -0.500. The monoisotopic (exact) mass is 291 g/mol. The number of rotatable bonds is 6. The normalized spacial score (nSPS) is 15.1. The Morgan fingerprint density at radius 3 is 2.62 bits per heavy atom. The molecule has 1 rings (SSSR count). The topological polar surface area (TPSA) is 78.0 Å². The van der Waals surface area contributed by atoms with Crippen molar-refractivity contribution in [3.05, 3.63) is 10.3 Å². The zero-order valence-corrected chi connectivity index (χ0v) is 11.4. The van der Waals surface area contributed by atoms with Crippen molar-refractivity contribution in [2.75, 3.05) is 6.61 Å². The molecule has 0 saturated heterocycles. The van der Waals surface area contributed by atoms with E-state index in [0.717, 1.165) is 12.1 Å². The lowest BCUT2D eigenvalue weighted by Crippen LogP contribution is -2.39. The van der Waals surface area contributed by atoms with Gasteiger partial charge in [0, 0.05) is 13.7 Å². The molecule has 0 spiro atoms. The van der Waals surface area contributed by atoms with E-state index >= 15 is 0 Å². The third-order valence-corrected chi connectivity index (χ3v) is 3.02. The second-order valence-corrected chi connectivity index (χ2v) is 4.19. The Labute approximate surface area is 104 Å². The van der Waals surface area contributed by atoms with Crippen molar-refractivity contribution in [2.24, 2.45) is 12.9 Å². The maximum absolute atomic E-state index is 5.65. The zero-order chi connectivity index (χ0) is 12.1. The summed E-state index contributed by atoms with van der Waals surface area (Å²) >= 11 is 3.36. The Kier molecular flexibility index (Phi) is 5.33. The third kappa shape index (κ3) is 2.79. The number of hydrazine groups is 1. The van der Waals surface area contributed by atoms with E-state index in [-0.39, 0.29) is 12.1 Å². The van der Waals surface area contributed by atoms with Crippen LogP contribution in [-0.4, -0.2) is 27.7 Å². The molecule has 0 amide bonds. The Bertz CT molecular complexity index is 310. The van der Waals surface area contributed by atoms with Crippen molar-refractivity contribution in [1.29, 1.82) is 0 Å². The first-order valence-electron chi connectivity index (χ1n) is 5.28. The number of aryl methyl sites for hydroxylation is 1. The molecule has 0 aliphatic rings. The molecular weight excluding hydrogens is 274 g/mol. The van der Waals surface area contributed by atoms with Crippen molar-refractivity contribution < 1.29 is 4.74 Å². The summed E-state index contributed by atoms with van der Waals surface area (Å²) in [4.78, 5) is 0. The number of halogens is 1. The van der Waals surface area contributed by atoms with Gasteiger partial charge in [0.2, 0.25) is 0 Å². The number of aromatic nitrogens is 3. The highest BCUT2D eigenvalue weighted by atomic mass is 79.9. The Balaban J connectivity index is 2.96. The van der Waals surface area contributed by atoms with Gasteiger partial charge in [-0.2, -0.15) is 0 Å². The Morgan fingerprint density at radius 2 is 2.25 bits per heavy atom. The minimum absolute atomic E-state index is 0.00324. The molecule has 1 aromatic rings. The summed E-state index contributed by atoms with van der Waals surface area (Å²) < 4.78 is 8.03. The van der Waals surface area contributed by atoms with Gasteiger partial charge >= 0.3 is 0 Å². The predicted molar refractivity (Wildman–Crippen MR) is 64.5 cm³/mol. The van der Waals surface area contributed by atoms with E-state index in [0.29, 0.717) is 11.2 Å². The van der Waals surface area contributed by atoms with Crippen molar-refractivity contribution in [2.45, 2.75) is 32.4 Å². The number of ether oxygens (including phenoxy) is 1. The van der Waals surface area contributed by atoms with E-state index in [2.05, 4.69) is 38.6 Å². The van der Waals surface area contributed by atoms with Crippen LogP contribution in [0, 0.1) is 0 Å². The molecule has 1 aromatic heterocycles. The van der Waals surface area contributed by atoms with E-state index in [4.69, 9.17) is 10.6 Å². The van der Waals surface area contributed by atoms with Gasteiger partial charge < -0.3 is 4.74 Å². The van der Waals surface area contributed by atoms with Crippen molar-refractivity contribution in [3.8, 4) is 0 Å². The highest BCUT2D eigenvalue weighted by Gasteiger charge is 2.26. The molecule has 7 heteroatoms. The largest absolute Gasteiger partial charge is 0.376 e. The van der Waals surface area contributed by atoms with E-state index in [1.807, 2.05) is 14.0 Å². The van der Waals surface area contributed by atoms with E-state index in [1.165, 1.54) is 0 Å². The van der Waals surface area contributed by atoms with E-state index in [1.54, 1.807) is 4.68 Å². The van der Waals surface area contributed by atoms with Crippen LogP contribution in [0.15, 0.2) is 4.60 Å². The molecule has 0 bridgehead atoms. The maximum Gasteiger partial charge on any atom is 0.153 e. The van der Waals surface area contributed by atoms with Crippen LogP contribution >= 0.6 is 15.9 Å². The summed E-state index contributed by atoms with van der Waals surface area (Å²) in [6.45, 7) is 4.68. The molecule has 2 unspecified atom stereocenters. The SMILES string of the molecule is CCOC(CC)C(NN)c1c(Br)nnn1C. The van der Waals surface area contributed by atoms with Gasteiger partial charge in [-0.05, 0) is 29.3 Å². The molecule has 16 heavy (non-hydrogen) atoms. The number of hydrogen-bond donors (Lipinski definition) is 2. The first-order chi connectivity index (χ1) is 7.65. The molecule has 0 aromatic carbocycles. The van der Waals surface area contributed by atoms with Crippen LogP contribution in [0.5, 0.6) is 0 Å². The smallest absolute Gasteiger partial charge is 0.153 e. The second-order valence-electron chi connectivity index (χ2n) is 3.44. The van der Waals surface area contributed by atoms with Gasteiger partial charge in [-0.25, -0.2) is 10.1 Å². The van der Waals surface area contributed by atoms with Gasteiger partial charge in [-0.3, -0.25) is 5.84 Å².